The molecule has 0 aliphatic rings. The van der Waals surface area contributed by atoms with Gasteiger partial charge in [-0.05, 0) is 240 Å². The Kier molecular flexibility index (Phi) is 34.8. The zero-order chi connectivity index (χ0) is 81.0. The van der Waals surface area contributed by atoms with E-state index < -0.39 is 0 Å². The topological polar surface area (TPSA) is 116 Å². The van der Waals surface area contributed by atoms with E-state index >= 15 is 0 Å². The number of hydrogen-bond donors (Lipinski definition) is 0. The molecule has 0 radical (unpaired) electrons. The van der Waals surface area contributed by atoms with Gasteiger partial charge in [0.2, 0.25) is 0 Å². The molecular formula is C106H101N9. The maximum absolute atomic E-state index is 3.98. The van der Waals surface area contributed by atoms with E-state index in [2.05, 4.69) is 359 Å². The van der Waals surface area contributed by atoms with Gasteiger partial charge in [0, 0.05) is 73.4 Å². The second-order valence-electron chi connectivity index (χ2n) is 27.5. The van der Waals surface area contributed by atoms with E-state index in [9.17, 15) is 0 Å². The smallest absolute Gasteiger partial charge is 0.125 e. The molecule has 115 heavy (non-hydrogen) atoms. The number of pyridine rings is 3. The molecule has 0 spiro atoms. The molecule has 13 aromatic carbocycles. The predicted molar refractivity (Wildman–Crippen MR) is 487 cm³/mol. The Bertz CT molecular complexity index is 5630. The lowest BCUT2D eigenvalue weighted by atomic mass is 9.96. The Labute approximate surface area is 680 Å². The number of fused-ring (bicyclic) bond motifs is 5. The summed E-state index contributed by atoms with van der Waals surface area (Å²) in [6.45, 7) is 22.5. The summed E-state index contributed by atoms with van der Waals surface area (Å²) in [5.41, 5.74) is 20.0. The van der Waals surface area contributed by atoms with E-state index in [0.717, 1.165) is 22.8 Å². The van der Waals surface area contributed by atoms with Crippen LogP contribution in [-0.4, -0.2) is 44.9 Å². The van der Waals surface area contributed by atoms with Crippen LogP contribution in [0.15, 0.2) is 414 Å². The predicted octanol–water partition coefficient (Wildman–Crippen LogP) is 27.3. The number of rotatable bonds is 3. The molecule has 570 valence electrons. The minimum Gasteiger partial charge on any atom is -0.265 e. The number of nitrogens with zero attached hydrogens (tertiary/aromatic N) is 9. The van der Waals surface area contributed by atoms with Gasteiger partial charge >= 0.3 is 0 Å². The van der Waals surface area contributed by atoms with Gasteiger partial charge < -0.3 is 0 Å². The monoisotopic (exact) mass is 1500 g/mol. The van der Waals surface area contributed by atoms with Gasteiger partial charge in [0.25, 0.3) is 0 Å². The van der Waals surface area contributed by atoms with E-state index in [1.54, 1.807) is 61.8 Å². The van der Waals surface area contributed by atoms with Crippen molar-refractivity contribution < 1.29 is 0 Å². The minimum absolute atomic E-state index is 0.822. The van der Waals surface area contributed by atoms with Crippen molar-refractivity contribution in [3.63, 3.8) is 0 Å². The average molecular weight is 1500 g/mol. The van der Waals surface area contributed by atoms with E-state index in [0.29, 0.717) is 0 Å². The molecule has 19 aromatic rings. The highest BCUT2D eigenvalue weighted by Gasteiger charge is 2.06. The van der Waals surface area contributed by atoms with Gasteiger partial charge in [-0.3, -0.25) is 15.0 Å². The molecule has 0 saturated heterocycles. The molecule has 0 bridgehead atoms. The molecular weight excluding hydrogens is 1400 g/mol. The Morgan fingerprint density at radius 1 is 0.183 bits per heavy atom. The first kappa shape index (κ1) is 84.9. The maximum atomic E-state index is 3.98. The summed E-state index contributed by atoms with van der Waals surface area (Å²) < 4.78 is 0. The van der Waals surface area contributed by atoms with Gasteiger partial charge in [0.15, 0.2) is 0 Å². The van der Waals surface area contributed by atoms with Crippen molar-refractivity contribution in [2.45, 2.75) is 76.2 Å². The van der Waals surface area contributed by atoms with Crippen LogP contribution in [0.2, 0.25) is 0 Å². The van der Waals surface area contributed by atoms with Crippen LogP contribution in [0.25, 0.3) is 87.2 Å². The van der Waals surface area contributed by atoms with Crippen LogP contribution < -0.4 is 0 Å². The third-order valence-corrected chi connectivity index (χ3v) is 17.8. The van der Waals surface area contributed by atoms with Crippen LogP contribution in [0.5, 0.6) is 0 Å². The SMILES string of the molecule is Cc1cc(-c2ccccc2)c2ccccc2c1.Cc1ccc2c(-c3ccccc3)cccc2c1.Cc1ccc2cc(-c3ccccc3)ccc2c1.Cc1ccc2ccccc2c1.Cc1cccc2ccccc12.Cc1ccccn1.Cc1cccnc1.Cc1ccncc1.Cc1ccncn1.Cc1cncnc1.Cc1ncccn1. The fraction of sp³-hybridized carbons (Fsp3) is 0.104. The quantitative estimate of drug-likeness (QED) is 0.170. The maximum Gasteiger partial charge on any atom is 0.125 e. The van der Waals surface area contributed by atoms with Crippen LogP contribution >= 0.6 is 0 Å². The van der Waals surface area contributed by atoms with E-state index in [1.165, 1.54) is 139 Å². The molecule has 19 rings (SSSR count). The summed E-state index contributed by atoms with van der Waals surface area (Å²) in [7, 11) is 0. The summed E-state index contributed by atoms with van der Waals surface area (Å²) in [4.78, 5) is 34.6. The summed E-state index contributed by atoms with van der Waals surface area (Å²) in [5.74, 6) is 0.822. The Morgan fingerprint density at radius 3 is 1.17 bits per heavy atom. The lowest BCUT2D eigenvalue weighted by Crippen LogP contribution is -1.83. The van der Waals surface area contributed by atoms with Crippen molar-refractivity contribution in [3.05, 3.63) is 476 Å². The minimum atomic E-state index is 0.822. The first-order valence-electron chi connectivity index (χ1n) is 38.5. The number of aryl methyl sites for hydroxylation is 11. The molecule has 0 aliphatic carbocycles. The van der Waals surface area contributed by atoms with Gasteiger partial charge in [-0.15, -0.1) is 0 Å². The molecule has 0 aliphatic heterocycles. The highest BCUT2D eigenvalue weighted by Crippen LogP contribution is 2.32. The van der Waals surface area contributed by atoms with Crippen LogP contribution in [0, 0.1) is 76.2 Å². The van der Waals surface area contributed by atoms with Gasteiger partial charge in [-0.1, -0.05) is 308 Å². The molecule has 9 nitrogen and oxygen atoms in total. The summed E-state index contributed by atoms with van der Waals surface area (Å²) >= 11 is 0. The van der Waals surface area contributed by atoms with Crippen molar-refractivity contribution in [1.29, 1.82) is 0 Å². The number of hydrogen-bond acceptors (Lipinski definition) is 9. The summed E-state index contributed by atoms with van der Waals surface area (Å²) in [5, 5.41) is 13.2. The lowest BCUT2D eigenvalue weighted by molar-refractivity contribution is 1.05. The zero-order valence-corrected chi connectivity index (χ0v) is 67.8. The Morgan fingerprint density at radius 2 is 0.652 bits per heavy atom. The summed E-state index contributed by atoms with van der Waals surface area (Å²) in [6, 6.07) is 118. The van der Waals surface area contributed by atoms with Gasteiger partial charge in [0.05, 0.1) is 0 Å². The third-order valence-electron chi connectivity index (χ3n) is 17.8. The highest BCUT2D eigenvalue weighted by atomic mass is 14.8. The standard InChI is InChI=1S/3C17H14.2C11H10.3C6H7N.3C5H6N2/c1-13-11-15-9-5-6-10-16(15)17(12-13)14-7-3-2-4-8-14;1-13-10-11-17-15(12-13)8-5-9-16(17)14-6-3-2-4-7-14;1-13-7-8-17-12-16(10-9-15(17)11-13)14-5-3-2-4-6-14;1-9-5-4-7-10-6-2-3-8-11(9)10;1-9-6-7-10-4-2-3-5-11(10)8-9;1-6-2-4-7-5-3-6;1-6-3-2-4-7-5-6;1-6-4-2-3-5-7-6;1-5-2-6-4-7-3-5;1-5-2-3-6-4-7-5;1-5-6-3-2-4-7-5/h3*2-12H,1H3;2*2-8H,1H3;3*2-5H,1H3;3*2-4H,1H3. The van der Waals surface area contributed by atoms with Gasteiger partial charge in [0.1, 0.15) is 18.5 Å². The molecule has 0 N–H and O–H groups in total. The molecule has 0 saturated carbocycles. The largest absolute Gasteiger partial charge is 0.265 e. The van der Waals surface area contributed by atoms with Gasteiger partial charge in [-0.2, -0.15) is 0 Å². The van der Waals surface area contributed by atoms with Crippen LogP contribution in [0.4, 0.5) is 0 Å². The fourth-order valence-corrected chi connectivity index (χ4v) is 11.9. The van der Waals surface area contributed by atoms with Gasteiger partial charge in [-0.25, -0.2) is 29.9 Å². The first-order valence-corrected chi connectivity index (χ1v) is 38.5. The second-order valence-corrected chi connectivity index (χ2v) is 27.5. The molecule has 0 fully saturated rings. The van der Waals surface area contributed by atoms with Crippen LogP contribution in [0.3, 0.4) is 0 Å². The molecule has 6 aromatic heterocycles. The molecule has 0 atom stereocenters. The Hall–Kier alpha value is -14.2. The van der Waals surface area contributed by atoms with Crippen molar-refractivity contribution >= 4 is 53.9 Å². The summed E-state index contributed by atoms with van der Waals surface area (Å²) in [6.07, 6.45) is 20.7. The molecule has 6 heterocycles. The zero-order valence-electron chi connectivity index (χ0n) is 67.8. The first-order chi connectivity index (χ1) is 56.1. The van der Waals surface area contributed by atoms with Crippen LogP contribution in [0.1, 0.15) is 61.7 Å². The van der Waals surface area contributed by atoms with Crippen molar-refractivity contribution in [2.75, 3.05) is 0 Å². The molecule has 0 unspecified atom stereocenters. The normalized spacial score (nSPS) is 9.87. The van der Waals surface area contributed by atoms with Crippen molar-refractivity contribution in [1.82, 2.24) is 44.9 Å². The second kappa shape index (κ2) is 47.1. The van der Waals surface area contributed by atoms with E-state index in [-0.39, 0.29) is 0 Å². The molecule has 0 amide bonds. The fourth-order valence-electron chi connectivity index (χ4n) is 11.9. The highest BCUT2D eigenvalue weighted by molar-refractivity contribution is 5.98. The van der Waals surface area contributed by atoms with Crippen molar-refractivity contribution in [2.24, 2.45) is 0 Å². The van der Waals surface area contributed by atoms with Crippen molar-refractivity contribution in [3.8, 4) is 33.4 Å². The number of benzene rings is 13. The van der Waals surface area contributed by atoms with Crippen LogP contribution in [-0.2, 0) is 0 Å². The molecule has 9 heteroatoms. The number of aromatic nitrogens is 9. The van der Waals surface area contributed by atoms with E-state index in [4.69, 9.17) is 0 Å². The average Bonchev–Trinajstić information content (AvgIpc) is 0.807. The third kappa shape index (κ3) is 29.9. The van der Waals surface area contributed by atoms with E-state index in [1.807, 2.05) is 102 Å². The Balaban J connectivity index is 0.000000148. The lowest BCUT2D eigenvalue weighted by Gasteiger charge is -2.08.